The van der Waals surface area contributed by atoms with Crippen LogP contribution in [0.15, 0.2) is 48.8 Å². The Morgan fingerprint density at radius 1 is 1.00 bits per heavy atom. The zero-order valence-corrected chi connectivity index (χ0v) is 19.3. The predicted molar refractivity (Wildman–Crippen MR) is 123 cm³/mol. The number of benzene rings is 1. The molecule has 176 valence electrons. The lowest BCUT2D eigenvalue weighted by molar-refractivity contribution is -0.137. The SMILES string of the molecule is CCCn1c(-c2ccncc2)nn(CN2CCN(Cc3cccc(C(F)(F)F)c3)CC2)c1=S. The molecule has 1 aliphatic heterocycles. The molecule has 3 heterocycles. The number of alkyl halides is 3. The fourth-order valence-electron chi connectivity index (χ4n) is 4.06. The van der Waals surface area contributed by atoms with Gasteiger partial charge in [-0.3, -0.25) is 19.4 Å². The molecule has 4 rings (SSSR count). The highest BCUT2D eigenvalue weighted by molar-refractivity contribution is 7.71. The minimum absolute atomic E-state index is 0.508. The molecule has 1 saturated heterocycles. The highest BCUT2D eigenvalue weighted by atomic mass is 32.1. The van der Waals surface area contributed by atoms with Crippen LogP contribution in [-0.2, 0) is 25.9 Å². The Bertz CT molecular complexity index is 1120. The number of pyridine rings is 1. The number of hydrogen-bond acceptors (Lipinski definition) is 5. The summed E-state index contributed by atoms with van der Waals surface area (Å²) in [4.78, 5) is 8.54. The molecular weight excluding hydrogens is 449 g/mol. The van der Waals surface area contributed by atoms with E-state index in [1.807, 2.05) is 16.8 Å². The van der Waals surface area contributed by atoms with E-state index >= 15 is 0 Å². The first-order chi connectivity index (χ1) is 15.8. The number of hydrogen-bond donors (Lipinski definition) is 0. The van der Waals surface area contributed by atoms with E-state index in [-0.39, 0.29) is 0 Å². The summed E-state index contributed by atoms with van der Waals surface area (Å²) in [5.41, 5.74) is 1.07. The molecule has 0 bridgehead atoms. The maximum atomic E-state index is 13.0. The first-order valence-corrected chi connectivity index (χ1v) is 11.4. The largest absolute Gasteiger partial charge is 0.416 e. The standard InChI is InChI=1S/C23H27F3N6S/c1-2-10-31-21(19-6-8-27-9-7-19)28-32(22(31)33)17-30-13-11-29(12-14-30)16-18-4-3-5-20(15-18)23(24,25)26/h3-9,15H,2,10-14,16-17H2,1H3. The van der Waals surface area contributed by atoms with Crippen LogP contribution in [0.2, 0.25) is 0 Å². The van der Waals surface area contributed by atoms with Gasteiger partial charge in [0.1, 0.15) is 0 Å². The van der Waals surface area contributed by atoms with Crippen molar-refractivity contribution in [2.24, 2.45) is 0 Å². The number of rotatable bonds is 7. The Hall–Kier alpha value is -2.56. The first kappa shape index (κ1) is 23.6. The van der Waals surface area contributed by atoms with Crippen LogP contribution in [0, 0.1) is 4.77 Å². The van der Waals surface area contributed by atoms with Gasteiger partial charge in [0.2, 0.25) is 0 Å². The molecule has 3 aromatic rings. The molecule has 0 amide bonds. The van der Waals surface area contributed by atoms with Gasteiger partial charge in [-0.2, -0.15) is 18.3 Å². The fraction of sp³-hybridized carbons (Fsp3) is 0.435. The minimum atomic E-state index is -4.32. The fourth-order valence-corrected chi connectivity index (χ4v) is 4.33. The maximum Gasteiger partial charge on any atom is 0.416 e. The van der Waals surface area contributed by atoms with Gasteiger partial charge in [-0.25, -0.2) is 4.68 Å². The molecule has 10 heteroatoms. The van der Waals surface area contributed by atoms with Gasteiger partial charge in [-0.1, -0.05) is 25.1 Å². The van der Waals surface area contributed by atoms with Gasteiger partial charge in [0, 0.05) is 57.2 Å². The molecule has 0 unspecified atom stereocenters. The summed E-state index contributed by atoms with van der Waals surface area (Å²) in [5.74, 6) is 0.840. The van der Waals surface area contributed by atoms with E-state index in [0.717, 1.165) is 56.6 Å². The van der Waals surface area contributed by atoms with Gasteiger partial charge in [0.05, 0.1) is 12.2 Å². The maximum absolute atomic E-state index is 13.0. The van der Waals surface area contributed by atoms with E-state index < -0.39 is 11.7 Å². The summed E-state index contributed by atoms with van der Waals surface area (Å²) in [7, 11) is 0. The quantitative estimate of drug-likeness (QED) is 0.463. The second-order valence-electron chi connectivity index (χ2n) is 8.23. The zero-order valence-electron chi connectivity index (χ0n) is 18.5. The number of aromatic nitrogens is 4. The summed E-state index contributed by atoms with van der Waals surface area (Å²) in [6.07, 6.45) is 0.130. The summed E-state index contributed by atoms with van der Waals surface area (Å²) in [6.45, 7) is 7.14. The van der Waals surface area contributed by atoms with Crippen LogP contribution in [0.3, 0.4) is 0 Å². The van der Waals surface area contributed by atoms with E-state index in [2.05, 4.69) is 26.3 Å². The molecule has 2 aromatic heterocycles. The van der Waals surface area contributed by atoms with E-state index in [4.69, 9.17) is 17.3 Å². The summed E-state index contributed by atoms with van der Waals surface area (Å²) in [5, 5.41) is 4.80. The van der Waals surface area contributed by atoms with Gasteiger partial charge < -0.3 is 0 Å². The van der Waals surface area contributed by atoms with Crippen LogP contribution in [0.1, 0.15) is 24.5 Å². The lowest BCUT2D eigenvalue weighted by Gasteiger charge is -2.34. The zero-order chi connectivity index (χ0) is 23.4. The van der Waals surface area contributed by atoms with Crippen molar-refractivity contribution in [3.63, 3.8) is 0 Å². The second-order valence-corrected chi connectivity index (χ2v) is 8.59. The van der Waals surface area contributed by atoms with E-state index in [9.17, 15) is 13.2 Å². The lowest BCUT2D eigenvalue weighted by Crippen LogP contribution is -2.46. The molecule has 1 aromatic carbocycles. The molecule has 0 N–H and O–H groups in total. The molecule has 1 fully saturated rings. The summed E-state index contributed by atoms with van der Waals surface area (Å²) in [6, 6.07) is 9.45. The Morgan fingerprint density at radius 2 is 1.70 bits per heavy atom. The van der Waals surface area contributed by atoms with Gasteiger partial charge in [0.25, 0.3) is 0 Å². The molecule has 6 nitrogen and oxygen atoms in total. The topological polar surface area (TPSA) is 42.1 Å². The lowest BCUT2D eigenvalue weighted by atomic mass is 10.1. The average Bonchev–Trinajstić information content (AvgIpc) is 3.11. The monoisotopic (exact) mass is 476 g/mol. The summed E-state index contributed by atoms with van der Waals surface area (Å²) < 4.78 is 43.6. The van der Waals surface area contributed by atoms with Crippen molar-refractivity contribution in [3.8, 4) is 11.4 Å². The minimum Gasteiger partial charge on any atom is -0.300 e. The third-order valence-corrected chi connectivity index (χ3v) is 6.20. The van der Waals surface area contributed by atoms with Crippen LogP contribution in [0.25, 0.3) is 11.4 Å². The Balaban J connectivity index is 1.40. The van der Waals surface area contributed by atoms with Crippen molar-refractivity contribution in [3.05, 3.63) is 64.7 Å². The molecule has 0 aliphatic carbocycles. The van der Waals surface area contributed by atoms with Crippen molar-refractivity contribution in [1.82, 2.24) is 29.1 Å². The van der Waals surface area contributed by atoms with Crippen molar-refractivity contribution in [2.45, 2.75) is 39.3 Å². The third-order valence-electron chi connectivity index (χ3n) is 5.77. The van der Waals surface area contributed by atoms with Crippen LogP contribution in [-0.4, -0.2) is 55.3 Å². The normalized spacial score (nSPS) is 15.8. The van der Waals surface area contributed by atoms with Gasteiger partial charge in [0.15, 0.2) is 10.6 Å². The number of nitrogens with zero attached hydrogens (tertiary/aromatic N) is 6. The smallest absolute Gasteiger partial charge is 0.300 e. The van der Waals surface area contributed by atoms with Gasteiger partial charge in [-0.15, -0.1) is 0 Å². The van der Waals surface area contributed by atoms with Gasteiger partial charge in [-0.05, 0) is 42.4 Å². The Morgan fingerprint density at radius 3 is 2.36 bits per heavy atom. The van der Waals surface area contributed by atoms with Crippen molar-refractivity contribution >= 4 is 12.2 Å². The molecule has 1 aliphatic rings. The highest BCUT2D eigenvalue weighted by Gasteiger charge is 2.30. The average molecular weight is 477 g/mol. The molecule has 0 saturated carbocycles. The Labute approximate surface area is 196 Å². The third kappa shape index (κ3) is 5.69. The number of halogens is 3. The van der Waals surface area contributed by atoms with E-state index in [1.165, 1.54) is 12.1 Å². The van der Waals surface area contributed by atoms with Gasteiger partial charge >= 0.3 is 6.18 Å². The van der Waals surface area contributed by atoms with Crippen LogP contribution >= 0.6 is 12.2 Å². The van der Waals surface area contributed by atoms with Crippen LogP contribution in [0.5, 0.6) is 0 Å². The first-order valence-electron chi connectivity index (χ1n) is 11.0. The molecule has 0 spiro atoms. The highest BCUT2D eigenvalue weighted by Crippen LogP contribution is 2.29. The van der Waals surface area contributed by atoms with Crippen molar-refractivity contribution in [2.75, 3.05) is 26.2 Å². The van der Waals surface area contributed by atoms with Crippen molar-refractivity contribution < 1.29 is 13.2 Å². The predicted octanol–water partition coefficient (Wildman–Crippen LogP) is 4.68. The van der Waals surface area contributed by atoms with Crippen LogP contribution in [0.4, 0.5) is 13.2 Å². The Kier molecular flexibility index (Phi) is 7.26. The second kappa shape index (κ2) is 10.1. The van der Waals surface area contributed by atoms with E-state index in [0.29, 0.717) is 23.5 Å². The number of piperazine rings is 1. The molecule has 33 heavy (non-hydrogen) atoms. The van der Waals surface area contributed by atoms with Crippen LogP contribution < -0.4 is 0 Å². The molecule has 0 radical (unpaired) electrons. The van der Waals surface area contributed by atoms with Crippen molar-refractivity contribution in [1.29, 1.82) is 0 Å². The molecular formula is C23H27F3N6S. The summed E-state index contributed by atoms with van der Waals surface area (Å²) >= 11 is 5.72. The van der Waals surface area contributed by atoms with E-state index in [1.54, 1.807) is 18.5 Å². The molecule has 0 atom stereocenters.